The van der Waals surface area contributed by atoms with Crippen LogP contribution in [0.2, 0.25) is 10.0 Å². The molecule has 1 unspecified atom stereocenters. The lowest BCUT2D eigenvalue weighted by atomic mass is 9.73. The second kappa shape index (κ2) is 5.07. The summed E-state index contributed by atoms with van der Waals surface area (Å²) in [5.74, 6) is 0. The molecule has 1 nitrogen and oxygen atoms in total. The molecular formula is C14H19Cl2N. The molecule has 0 radical (unpaired) electrons. The Morgan fingerprint density at radius 1 is 1.24 bits per heavy atom. The van der Waals surface area contributed by atoms with E-state index < -0.39 is 0 Å². The Hall–Kier alpha value is -0.400. The zero-order valence-corrected chi connectivity index (χ0v) is 11.9. The summed E-state index contributed by atoms with van der Waals surface area (Å²) in [5, 5.41) is 5.04. The largest absolute Gasteiger partial charge is 0.381 e. The van der Waals surface area contributed by atoms with Crippen LogP contribution in [-0.2, 0) is 0 Å². The minimum absolute atomic E-state index is 0.323. The fourth-order valence-electron chi connectivity index (χ4n) is 2.56. The molecule has 94 valence electrons. The Labute approximate surface area is 114 Å². The van der Waals surface area contributed by atoms with Crippen LogP contribution in [0.1, 0.15) is 39.5 Å². The van der Waals surface area contributed by atoms with Crippen LogP contribution in [0, 0.1) is 5.41 Å². The SMILES string of the molecule is CC1(C)CCCCC1Nc1cc(Cl)ccc1Cl. The zero-order chi connectivity index (χ0) is 12.5. The molecule has 1 aliphatic rings. The molecule has 17 heavy (non-hydrogen) atoms. The first-order chi connectivity index (χ1) is 7.99. The van der Waals surface area contributed by atoms with Crippen molar-refractivity contribution in [1.29, 1.82) is 0 Å². The van der Waals surface area contributed by atoms with Gasteiger partial charge in [-0.3, -0.25) is 0 Å². The van der Waals surface area contributed by atoms with Crippen LogP contribution in [0.5, 0.6) is 0 Å². The predicted molar refractivity (Wildman–Crippen MR) is 76.1 cm³/mol. The maximum Gasteiger partial charge on any atom is 0.0638 e. The first kappa shape index (κ1) is 13.0. The van der Waals surface area contributed by atoms with Crippen LogP contribution in [0.15, 0.2) is 18.2 Å². The van der Waals surface area contributed by atoms with Gasteiger partial charge in [0.2, 0.25) is 0 Å². The van der Waals surface area contributed by atoms with Crippen molar-refractivity contribution in [3.05, 3.63) is 28.2 Å². The third kappa shape index (κ3) is 3.08. The molecule has 0 saturated heterocycles. The summed E-state index contributed by atoms with van der Waals surface area (Å²) in [4.78, 5) is 0. The highest BCUT2D eigenvalue weighted by atomic mass is 35.5. The van der Waals surface area contributed by atoms with Crippen molar-refractivity contribution in [1.82, 2.24) is 0 Å². The van der Waals surface area contributed by atoms with Gasteiger partial charge >= 0.3 is 0 Å². The van der Waals surface area contributed by atoms with Crippen LogP contribution in [-0.4, -0.2) is 6.04 Å². The zero-order valence-electron chi connectivity index (χ0n) is 10.4. The van der Waals surface area contributed by atoms with Gasteiger partial charge < -0.3 is 5.32 Å². The predicted octanol–water partition coefficient (Wildman–Crippen LogP) is 5.37. The quantitative estimate of drug-likeness (QED) is 0.762. The molecule has 1 aliphatic carbocycles. The van der Waals surface area contributed by atoms with Gasteiger partial charge in [-0.15, -0.1) is 0 Å². The van der Waals surface area contributed by atoms with E-state index in [1.165, 1.54) is 25.7 Å². The maximum absolute atomic E-state index is 6.19. The number of hydrogen-bond acceptors (Lipinski definition) is 1. The van der Waals surface area contributed by atoms with Crippen molar-refractivity contribution < 1.29 is 0 Å². The van der Waals surface area contributed by atoms with Crippen molar-refractivity contribution in [3.63, 3.8) is 0 Å². The molecule has 1 saturated carbocycles. The molecule has 0 amide bonds. The molecule has 1 atom stereocenters. The van der Waals surface area contributed by atoms with E-state index in [4.69, 9.17) is 23.2 Å². The summed E-state index contributed by atoms with van der Waals surface area (Å²) >= 11 is 12.2. The Bertz CT molecular complexity index is 401. The van der Waals surface area contributed by atoms with E-state index in [1.54, 1.807) is 0 Å². The van der Waals surface area contributed by atoms with Gasteiger partial charge in [-0.2, -0.15) is 0 Å². The average molecular weight is 272 g/mol. The normalized spacial score (nSPS) is 23.4. The van der Waals surface area contributed by atoms with Crippen molar-refractivity contribution in [2.75, 3.05) is 5.32 Å². The molecule has 3 heteroatoms. The Morgan fingerprint density at radius 3 is 2.71 bits per heavy atom. The highest BCUT2D eigenvalue weighted by molar-refractivity contribution is 6.35. The van der Waals surface area contributed by atoms with E-state index in [1.807, 2.05) is 18.2 Å². The fraction of sp³-hybridized carbons (Fsp3) is 0.571. The molecule has 0 bridgehead atoms. The average Bonchev–Trinajstić information content (AvgIpc) is 2.26. The van der Waals surface area contributed by atoms with E-state index in [2.05, 4.69) is 19.2 Å². The monoisotopic (exact) mass is 271 g/mol. The molecule has 0 aromatic heterocycles. The molecule has 0 heterocycles. The minimum Gasteiger partial charge on any atom is -0.381 e. The van der Waals surface area contributed by atoms with E-state index in [0.717, 1.165) is 15.7 Å². The lowest BCUT2D eigenvalue weighted by molar-refractivity contribution is 0.217. The van der Waals surface area contributed by atoms with E-state index in [-0.39, 0.29) is 0 Å². The topological polar surface area (TPSA) is 12.0 Å². The summed E-state index contributed by atoms with van der Waals surface area (Å²) in [5.41, 5.74) is 1.28. The van der Waals surface area contributed by atoms with Crippen LogP contribution in [0.3, 0.4) is 0 Å². The van der Waals surface area contributed by atoms with E-state index in [9.17, 15) is 0 Å². The smallest absolute Gasteiger partial charge is 0.0638 e. The molecule has 1 aromatic carbocycles. The molecule has 0 aliphatic heterocycles. The van der Waals surface area contributed by atoms with Gasteiger partial charge in [0, 0.05) is 11.1 Å². The molecular weight excluding hydrogens is 253 g/mol. The lowest BCUT2D eigenvalue weighted by Crippen LogP contribution is -2.38. The summed E-state index contributed by atoms with van der Waals surface area (Å²) in [7, 11) is 0. The van der Waals surface area contributed by atoms with Gasteiger partial charge in [0.15, 0.2) is 0 Å². The first-order valence-electron chi connectivity index (χ1n) is 6.21. The third-order valence-electron chi connectivity index (χ3n) is 3.77. The summed E-state index contributed by atoms with van der Waals surface area (Å²) < 4.78 is 0. The minimum atomic E-state index is 0.323. The van der Waals surface area contributed by atoms with Crippen LogP contribution >= 0.6 is 23.2 Å². The Morgan fingerprint density at radius 2 is 2.00 bits per heavy atom. The maximum atomic E-state index is 6.19. The number of halogens is 2. The standard InChI is InChI=1S/C14H19Cl2N/c1-14(2)8-4-3-5-13(14)17-12-9-10(15)6-7-11(12)16/h6-7,9,13,17H,3-5,8H2,1-2H3. The van der Waals surface area contributed by atoms with Gasteiger partial charge in [-0.25, -0.2) is 0 Å². The second-order valence-electron chi connectivity index (χ2n) is 5.56. The van der Waals surface area contributed by atoms with Crippen molar-refractivity contribution in [2.45, 2.75) is 45.6 Å². The fourth-order valence-corrected chi connectivity index (χ4v) is 2.90. The van der Waals surface area contributed by atoms with Gasteiger partial charge in [-0.1, -0.05) is 49.9 Å². The number of rotatable bonds is 2. The lowest BCUT2D eigenvalue weighted by Gasteiger charge is -2.39. The number of nitrogens with one attached hydrogen (secondary N) is 1. The van der Waals surface area contributed by atoms with Crippen molar-refractivity contribution in [2.24, 2.45) is 5.41 Å². The van der Waals surface area contributed by atoms with Gasteiger partial charge in [0.1, 0.15) is 0 Å². The van der Waals surface area contributed by atoms with Crippen LogP contribution in [0.4, 0.5) is 5.69 Å². The first-order valence-corrected chi connectivity index (χ1v) is 6.96. The van der Waals surface area contributed by atoms with Crippen molar-refractivity contribution >= 4 is 28.9 Å². The van der Waals surface area contributed by atoms with Crippen molar-refractivity contribution in [3.8, 4) is 0 Å². The summed E-state index contributed by atoms with van der Waals surface area (Å²) in [6.07, 6.45) is 5.09. The van der Waals surface area contributed by atoms with Gasteiger partial charge in [0.25, 0.3) is 0 Å². The molecule has 1 fully saturated rings. The van der Waals surface area contributed by atoms with Gasteiger partial charge in [-0.05, 0) is 36.5 Å². The number of benzene rings is 1. The van der Waals surface area contributed by atoms with Crippen LogP contribution < -0.4 is 5.32 Å². The van der Waals surface area contributed by atoms with E-state index >= 15 is 0 Å². The molecule has 1 N–H and O–H groups in total. The number of anilines is 1. The Balaban J connectivity index is 2.16. The molecule has 1 aromatic rings. The highest BCUT2D eigenvalue weighted by Gasteiger charge is 2.32. The Kier molecular flexibility index (Phi) is 3.89. The summed E-state index contributed by atoms with van der Waals surface area (Å²) in [6.45, 7) is 4.64. The third-order valence-corrected chi connectivity index (χ3v) is 4.33. The molecule has 2 rings (SSSR count). The second-order valence-corrected chi connectivity index (χ2v) is 6.40. The van der Waals surface area contributed by atoms with Crippen LogP contribution in [0.25, 0.3) is 0 Å². The van der Waals surface area contributed by atoms with E-state index in [0.29, 0.717) is 11.5 Å². The summed E-state index contributed by atoms with van der Waals surface area (Å²) in [6, 6.07) is 6.06. The highest BCUT2D eigenvalue weighted by Crippen LogP contribution is 2.38. The molecule has 0 spiro atoms. The van der Waals surface area contributed by atoms with Gasteiger partial charge in [0.05, 0.1) is 10.7 Å². The number of hydrogen-bond donors (Lipinski definition) is 1.